The zero-order chi connectivity index (χ0) is 53.3. The van der Waals surface area contributed by atoms with Crippen molar-refractivity contribution in [2.45, 2.75) is 81.5 Å². The van der Waals surface area contributed by atoms with Crippen LogP contribution in [0.1, 0.15) is 85.8 Å². The van der Waals surface area contributed by atoms with E-state index < -0.39 is 0 Å². The normalized spacial score (nSPS) is 11.7. The highest BCUT2D eigenvalue weighted by molar-refractivity contribution is 7.98. The molecule has 0 saturated carbocycles. The van der Waals surface area contributed by atoms with Crippen molar-refractivity contribution in [3.05, 3.63) is 253 Å². The number of hydrogen-bond donors (Lipinski definition) is 0. The topological polar surface area (TPSA) is 24.9 Å². The lowest BCUT2D eigenvalue weighted by molar-refractivity contribution is 0.414. The molecule has 0 heterocycles. The van der Waals surface area contributed by atoms with Crippen LogP contribution in [-0.4, -0.2) is 20.0 Å². The maximum Gasteiger partial charge on any atom is 0.118 e. The third-order valence-corrected chi connectivity index (χ3v) is 17.5. The van der Waals surface area contributed by atoms with Crippen molar-refractivity contribution in [2.75, 3.05) is 29.8 Å². The molecule has 78 heavy (non-hydrogen) atoms. The minimum absolute atomic E-state index is 0.438. The third kappa shape index (κ3) is 13.6. The first-order chi connectivity index (χ1) is 38.5. The fraction of sp³-hybridized carbons (Fsp3) is 0.222. The monoisotopic (exact) mass is 1060 g/mol. The second-order valence-electron chi connectivity index (χ2n) is 20.2. The van der Waals surface area contributed by atoms with E-state index in [4.69, 9.17) is 9.47 Å². The number of rotatable bonds is 26. The zero-order valence-corrected chi connectivity index (χ0v) is 47.2. The third-order valence-electron chi connectivity index (χ3n) is 14.9. The Hall–Kier alpha value is -7.38. The van der Waals surface area contributed by atoms with E-state index in [-0.39, 0.29) is 0 Å². The summed E-state index contributed by atoms with van der Waals surface area (Å²) in [5, 5.41) is 5.34. The molecule has 0 saturated heterocycles. The van der Waals surface area contributed by atoms with Crippen LogP contribution in [0.2, 0.25) is 0 Å². The standard InChI is InChI=1S/C72H72N2O2S2/c1-4-5-8-26-72(61-37-49-67(76-3)50-38-61)78-53-56-29-41-63(42-30-56)74(71-25-16-21-60-19-11-13-23-69(60)71)65-45-35-58(36-46-65)57-33-43-64(44-34-57)73(70-24-15-20-59-18-10-12-22-68(59)70)62-39-27-54(28-40-62)17-9-6-7-14-51-77-52-55-31-47-66(75-2)48-32-55/h10-13,15-16,18-25,27-50,72H,4-9,14,17,26,51-53H2,1-3H3. The SMILES string of the molecule is CCCCCC(SCc1ccc(N(c2ccc(-c3ccc(N(c4ccc(CCCCCCSCc5ccc(OC)cc5)cc4)c4cccc5ccccc45)cc3)cc2)c2cccc3ccccc23)cc1)c1ccc(OC)cc1. The Morgan fingerprint density at radius 2 is 0.846 bits per heavy atom. The van der Waals surface area contributed by atoms with E-state index in [1.54, 1.807) is 14.2 Å². The van der Waals surface area contributed by atoms with E-state index in [0.717, 1.165) is 57.9 Å². The molecular weight excluding hydrogens is 989 g/mol. The first-order valence-corrected chi connectivity index (χ1v) is 30.2. The van der Waals surface area contributed by atoms with Gasteiger partial charge >= 0.3 is 0 Å². The lowest BCUT2D eigenvalue weighted by Crippen LogP contribution is -2.11. The number of aryl methyl sites for hydroxylation is 1. The number of fused-ring (bicyclic) bond motifs is 2. The highest BCUT2D eigenvalue weighted by atomic mass is 32.2. The van der Waals surface area contributed by atoms with Crippen molar-refractivity contribution in [2.24, 2.45) is 0 Å². The molecule has 10 aromatic rings. The molecule has 0 amide bonds. The number of nitrogens with zero attached hydrogens (tertiary/aromatic N) is 2. The van der Waals surface area contributed by atoms with Crippen molar-refractivity contribution >= 4 is 79.2 Å². The average Bonchev–Trinajstić information content (AvgIpc) is 3.52. The van der Waals surface area contributed by atoms with Crippen molar-refractivity contribution in [1.82, 2.24) is 0 Å². The van der Waals surface area contributed by atoms with Gasteiger partial charge < -0.3 is 19.3 Å². The maximum absolute atomic E-state index is 5.48. The summed E-state index contributed by atoms with van der Waals surface area (Å²) < 4.78 is 10.8. The molecule has 6 heteroatoms. The molecule has 10 aromatic carbocycles. The van der Waals surface area contributed by atoms with Crippen LogP contribution in [0.4, 0.5) is 34.1 Å². The molecule has 1 unspecified atom stereocenters. The number of methoxy groups -OCH3 is 2. The van der Waals surface area contributed by atoms with Crippen molar-refractivity contribution in [1.29, 1.82) is 0 Å². The number of hydrogen-bond acceptors (Lipinski definition) is 6. The number of benzene rings is 10. The molecule has 1 atom stereocenters. The molecule has 10 rings (SSSR count). The first-order valence-electron chi connectivity index (χ1n) is 28.0. The summed E-state index contributed by atoms with van der Waals surface area (Å²) in [7, 11) is 3.46. The van der Waals surface area contributed by atoms with Crippen LogP contribution in [0.5, 0.6) is 11.5 Å². The molecule has 0 radical (unpaired) electrons. The van der Waals surface area contributed by atoms with Crippen LogP contribution in [-0.2, 0) is 17.9 Å². The number of unbranched alkanes of at least 4 members (excludes halogenated alkanes) is 5. The average molecular weight is 1060 g/mol. The zero-order valence-electron chi connectivity index (χ0n) is 45.5. The molecule has 0 aromatic heterocycles. The Bertz CT molecular complexity index is 3420. The highest BCUT2D eigenvalue weighted by Gasteiger charge is 2.19. The van der Waals surface area contributed by atoms with E-state index in [1.165, 1.54) is 118 Å². The van der Waals surface area contributed by atoms with E-state index >= 15 is 0 Å². The van der Waals surface area contributed by atoms with E-state index in [2.05, 4.69) is 247 Å². The van der Waals surface area contributed by atoms with Crippen LogP contribution in [0.3, 0.4) is 0 Å². The quantitative estimate of drug-likeness (QED) is 0.0501. The highest BCUT2D eigenvalue weighted by Crippen LogP contribution is 2.43. The number of ether oxygens (including phenoxy) is 2. The van der Waals surface area contributed by atoms with Gasteiger partial charge in [-0.2, -0.15) is 11.8 Å². The van der Waals surface area contributed by atoms with Gasteiger partial charge in [0, 0.05) is 50.3 Å². The van der Waals surface area contributed by atoms with Gasteiger partial charge in [-0.3, -0.25) is 0 Å². The molecule has 0 bridgehead atoms. The van der Waals surface area contributed by atoms with Crippen LogP contribution >= 0.6 is 23.5 Å². The molecule has 0 fully saturated rings. The first kappa shape index (κ1) is 54.0. The summed E-state index contributed by atoms with van der Waals surface area (Å²) in [5.41, 5.74) is 14.7. The Balaban J connectivity index is 0.844. The molecule has 0 aliphatic heterocycles. The summed E-state index contributed by atoms with van der Waals surface area (Å²) >= 11 is 4.07. The van der Waals surface area contributed by atoms with Crippen molar-refractivity contribution in [3.63, 3.8) is 0 Å². The van der Waals surface area contributed by atoms with Crippen LogP contribution in [0.25, 0.3) is 32.7 Å². The molecule has 4 nitrogen and oxygen atoms in total. The predicted octanol–water partition coefficient (Wildman–Crippen LogP) is 21.2. The minimum Gasteiger partial charge on any atom is -0.497 e. The maximum atomic E-state index is 5.48. The van der Waals surface area contributed by atoms with E-state index in [9.17, 15) is 0 Å². The summed E-state index contributed by atoms with van der Waals surface area (Å²) in [5.74, 6) is 5.03. The fourth-order valence-corrected chi connectivity index (χ4v) is 12.8. The van der Waals surface area contributed by atoms with Gasteiger partial charge in [-0.1, -0.05) is 185 Å². The van der Waals surface area contributed by atoms with Crippen molar-refractivity contribution < 1.29 is 9.47 Å². The van der Waals surface area contributed by atoms with Gasteiger partial charge in [0.25, 0.3) is 0 Å². The summed E-state index contributed by atoms with van der Waals surface area (Å²) in [6, 6.07) is 84.5. The van der Waals surface area contributed by atoms with Crippen LogP contribution in [0.15, 0.2) is 231 Å². The molecule has 0 aliphatic rings. The molecule has 394 valence electrons. The molecular formula is C72H72N2O2S2. The Labute approximate surface area is 472 Å². The van der Waals surface area contributed by atoms with Gasteiger partial charge in [-0.25, -0.2) is 0 Å². The number of anilines is 6. The molecule has 0 aliphatic carbocycles. The predicted molar refractivity (Wildman–Crippen MR) is 339 cm³/mol. The Kier molecular flexibility index (Phi) is 18.9. The second-order valence-corrected chi connectivity index (χ2v) is 22.5. The molecule has 0 spiro atoms. The van der Waals surface area contributed by atoms with Gasteiger partial charge in [0.1, 0.15) is 11.5 Å². The minimum atomic E-state index is 0.438. The fourth-order valence-electron chi connectivity index (χ4n) is 10.6. The lowest BCUT2D eigenvalue weighted by Gasteiger charge is -2.28. The van der Waals surface area contributed by atoms with Crippen LogP contribution in [0, 0.1) is 0 Å². The Morgan fingerprint density at radius 1 is 0.397 bits per heavy atom. The second kappa shape index (κ2) is 27.3. The van der Waals surface area contributed by atoms with Gasteiger partial charge in [0.15, 0.2) is 0 Å². The van der Waals surface area contributed by atoms with Gasteiger partial charge in [-0.15, -0.1) is 11.8 Å². The van der Waals surface area contributed by atoms with E-state index in [0.29, 0.717) is 5.25 Å². The number of thioether (sulfide) groups is 2. The van der Waals surface area contributed by atoms with Crippen LogP contribution < -0.4 is 19.3 Å². The van der Waals surface area contributed by atoms with Crippen molar-refractivity contribution in [3.8, 4) is 22.6 Å². The molecule has 0 N–H and O–H groups in total. The summed E-state index contributed by atoms with van der Waals surface area (Å²) in [6.07, 6.45) is 11.0. The van der Waals surface area contributed by atoms with E-state index in [1.807, 2.05) is 23.5 Å². The smallest absolute Gasteiger partial charge is 0.118 e. The van der Waals surface area contributed by atoms with Gasteiger partial charge in [0.2, 0.25) is 0 Å². The largest absolute Gasteiger partial charge is 0.497 e. The summed E-state index contributed by atoms with van der Waals surface area (Å²) in [4.78, 5) is 4.83. The van der Waals surface area contributed by atoms with Gasteiger partial charge in [-0.05, 0) is 161 Å². The summed E-state index contributed by atoms with van der Waals surface area (Å²) in [6.45, 7) is 2.28. The Morgan fingerprint density at radius 3 is 1.37 bits per heavy atom. The van der Waals surface area contributed by atoms with Gasteiger partial charge in [0.05, 0.1) is 25.6 Å². The lowest BCUT2D eigenvalue weighted by atomic mass is 10.0.